The smallest absolute Gasteiger partial charge is 0.105 e. The molecule has 0 N–H and O–H groups in total. The van der Waals surface area contributed by atoms with Crippen LogP contribution in [0.4, 0.5) is 0 Å². The highest BCUT2D eigenvalue weighted by Gasteiger charge is 2.39. The Bertz CT molecular complexity index is 1000. The SMILES string of the molecule is CCC(C)(CC(C)OC(C)(C)CC1CO1)OCC(COC(C)(C)CC(C)OC(C)(C)CC1CO1)OC(C)(C)CC(C)OC(C)(CC)CC1CO1. The van der Waals surface area contributed by atoms with E-state index >= 15 is 0 Å². The number of ether oxygens (including phenoxy) is 9. The van der Waals surface area contributed by atoms with Crippen molar-refractivity contribution in [3.05, 3.63) is 0 Å². The van der Waals surface area contributed by atoms with Gasteiger partial charge < -0.3 is 42.6 Å². The molecule has 50 heavy (non-hydrogen) atoms. The number of rotatable bonds is 28. The molecule has 0 aliphatic carbocycles. The molecule has 3 rings (SSSR count). The second kappa shape index (κ2) is 17.9. The van der Waals surface area contributed by atoms with E-state index in [0.29, 0.717) is 31.5 Å². The maximum Gasteiger partial charge on any atom is 0.105 e. The summed E-state index contributed by atoms with van der Waals surface area (Å²) < 4.78 is 56.5. The van der Waals surface area contributed by atoms with Crippen LogP contribution in [-0.4, -0.2) is 109 Å². The Morgan fingerprint density at radius 3 is 1.34 bits per heavy atom. The third-order valence-electron chi connectivity index (χ3n) is 10.4. The van der Waals surface area contributed by atoms with Crippen LogP contribution in [-0.2, 0) is 42.6 Å². The van der Waals surface area contributed by atoms with Gasteiger partial charge in [-0.25, -0.2) is 0 Å². The molecule has 0 amide bonds. The quantitative estimate of drug-likeness (QED) is 0.0739. The first kappa shape index (κ1) is 44.0. The van der Waals surface area contributed by atoms with Crippen molar-refractivity contribution < 1.29 is 42.6 Å². The van der Waals surface area contributed by atoms with E-state index in [1.165, 1.54) is 0 Å². The Morgan fingerprint density at radius 1 is 0.480 bits per heavy atom. The minimum absolute atomic E-state index is 0.0123. The molecule has 9 unspecified atom stereocenters. The highest BCUT2D eigenvalue weighted by molar-refractivity contribution is 4.88. The first-order chi connectivity index (χ1) is 22.9. The van der Waals surface area contributed by atoms with E-state index in [1.807, 2.05) is 0 Å². The van der Waals surface area contributed by atoms with Gasteiger partial charge in [-0.3, -0.25) is 0 Å². The minimum atomic E-state index is -0.467. The van der Waals surface area contributed by atoms with Crippen LogP contribution in [0.3, 0.4) is 0 Å². The van der Waals surface area contributed by atoms with Crippen LogP contribution >= 0.6 is 0 Å². The lowest BCUT2D eigenvalue weighted by molar-refractivity contribution is -0.192. The van der Waals surface area contributed by atoms with E-state index in [0.717, 1.165) is 71.2 Å². The summed E-state index contributed by atoms with van der Waals surface area (Å²) in [7, 11) is 0. The Balaban J connectivity index is 1.64. The molecule has 9 heteroatoms. The van der Waals surface area contributed by atoms with Crippen molar-refractivity contribution in [1.29, 1.82) is 0 Å². The minimum Gasteiger partial charge on any atom is -0.373 e. The fourth-order valence-corrected chi connectivity index (χ4v) is 7.79. The molecule has 0 saturated carbocycles. The van der Waals surface area contributed by atoms with Crippen LogP contribution in [0.15, 0.2) is 0 Å². The molecule has 3 fully saturated rings. The Hall–Kier alpha value is -0.360. The first-order valence-corrected chi connectivity index (χ1v) is 19.8. The summed E-state index contributed by atoms with van der Waals surface area (Å²) in [6.45, 7) is 35.7. The lowest BCUT2D eigenvalue weighted by Crippen LogP contribution is -2.45. The summed E-state index contributed by atoms with van der Waals surface area (Å²) in [5.41, 5.74) is -1.97. The zero-order valence-corrected chi connectivity index (χ0v) is 34.9. The first-order valence-electron chi connectivity index (χ1n) is 19.8. The molecular weight excluding hydrogens is 636 g/mol. The highest BCUT2D eigenvalue weighted by Crippen LogP contribution is 2.34. The molecule has 0 aromatic carbocycles. The lowest BCUT2D eigenvalue weighted by Gasteiger charge is -2.40. The van der Waals surface area contributed by atoms with Crippen molar-refractivity contribution in [2.45, 2.75) is 232 Å². The molecule has 3 aliphatic rings. The van der Waals surface area contributed by atoms with E-state index in [-0.39, 0.29) is 46.8 Å². The summed E-state index contributed by atoms with van der Waals surface area (Å²) in [6, 6.07) is 0. The standard InChI is InChI=1S/C41H78O9/c1-16-40(14,20-31(5)48-39(12,13)22-33-25-43-33)46-28-35(27-45-36(6,7)18-29(3)47-38(10,11)21-32-24-42-32)50-37(8,9)19-30(4)49-41(15,17-2)23-34-26-44-34/h29-35H,16-28H2,1-15H3. The molecule has 3 saturated heterocycles. The average Bonchev–Trinajstić information content (AvgIpc) is 3.78. The van der Waals surface area contributed by atoms with E-state index in [1.54, 1.807) is 0 Å². The van der Waals surface area contributed by atoms with Crippen LogP contribution in [0.1, 0.15) is 155 Å². The third-order valence-corrected chi connectivity index (χ3v) is 10.4. The van der Waals surface area contributed by atoms with Crippen molar-refractivity contribution >= 4 is 0 Å². The van der Waals surface area contributed by atoms with Gasteiger partial charge in [-0.15, -0.1) is 0 Å². The van der Waals surface area contributed by atoms with Gasteiger partial charge in [-0.1, -0.05) is 13.8 Å². The highest BCUT2D eigenvalue weighted by atomic mass is 16.6. The van der Waals surface area contributed by atoms with Crippen LogP contribution in [0.25, 0.3) is 0 Å². The second-order valence-corrected chi connectivity index (χ2v) is 18.9. The van der Waals surface area contributed by atoms with Gasteiger partial charge >= 0.3 is 0 Å². The summed E-state index contributed by atoms with van der Waals surface area (Å²) in [5, 5.41) is 0. The van der Waals surface area contributed by atoms with E-state index in [9.17, 15) is 0 Å². The molecule has 0 aromatic heterocycles. The topological polar surface area (TPSA) is 93.0 Å². The van der Waals surface area contributed by atoms with E-state index in [4.69, 9.17) is 42.6 Å². The third kappa shape index (κ3) is 17.6. The van der Waals surface area contributed by atoms with E-state index < -0.39 is 11.2 Å². The van der Waals surface area contributed by atoms with Crippen LogP contribution in [0.2, 0.25) is 0 Å². The zero-order valence-electron chi connectivity index (χ0n) is 34.9. The predicted octanol–water partition coefficient (Wildman–Crippen LogP) is 8.61. The summed E-state index contributed by atoms with van der Waals surface area (Å²) >= 11 is 0. The molecule has 0 radical (unpaired) electrons. The van der Waals surface area contributed by atoms with Crippen LogP contribution < -0.4 is 0 Å². The van der Waals surface area contributed by atoms with E-state index in [2.05, 4.69) is 104 Å². The van der Waals surface area contributed by atoms with Crippen molar-refractivity contribution in [3.8, 4) is 0 Å². The maximum atomic E-state index is 6.91. The van der Waals surface area contributed by atoms with Crippen molar-refractivity contribution in [3.63, 3.8) is 0 Å². The van der Waals surface area contributed by atoms with Gasteiger partial charge in [0.2, 0.25) is 0 Å². The normalized spacial score (nSPS) is 26.1. The van der Waals surface area contributed by atoms with Gasteiger partial charge in [0.25, 0.3) is 0 Å². The van der Waals surface area contributed by atoms with Gasteiger partial charge in [0.05, 0.1) is 103 Å². The largest absolute Gasteiger partial charge is 0.373 e. The molecule has 0 spiro atoms. The van der Waals surface area contributed by atoms with Gasteiger partial charge in [0.1, 0.15) is 6.10 Å². The number of epoxide rings is 3. The maximum absolute atomic E-state index is 6.91. The Morgan fingerprint density at radius 2 is 0.880 bits per heavy atom. The van der Waals surface area contributed by atoms with Crippen LogP contribution in [0.5, 0.6) is 0 Å². The zero-order chi connectivity index (χ0) is 37.6. The van der Waals surface area contributed by atoms with Crippen molar-refractivity contribution in [2.75, 3.05) is 33.0 Å². The molecule has 0 aromatic rings. The van der Waals surface area contributed by atoms with Gasteiger partial charge in [0.15, 0.2) is 0 Å². The molecule has 0 bridgehead atoms. The monoisotopic (exact) mass is 715 g/mol. The Kier molecular flexibility index (Phi) is 15.7. The van der Waals surface area contributed by atoms with Gasteiger partial charge in [-0.2, -0.15) is 0 Å². The number of hydrogen-bond acceptors (Lipinski definition) is 9. The Labute approximate surface area is 306 Å². The van der Waals surface area contributed by atoms with Gasteiger partial charge in [-0.05, 0) is 103 Å². The molecule has 9 nitrogen and oxygen atoms in total. The van der Waals surface area contributed by atoms with Crippen LogP contribution in [0, 0.1) is 0 Å². The molecule has 9 atom stereocenters. The average molecular weight is 715 g/mol. The molecule has 3 aliphatic heterocycles. The van der Waals surface area contributed by atoms with Gasteiger partial charge in [0, 0.05) is 38.5 Å². The second-order valence-electron chi connectivity index (χ2n) is 18.9. The fraction of sp³-hybridized carbons (Fsp3) is 1.00. The predicted molar refractivity (Wildman–Crippen MR) is 199 cm³/mol. The fourth-order valence-electron chi connectivity index (χ4n) is 7.79. The lowest BCUT2D eigenvalue weighted by atomic mass is 9.94. The van der Waals surface area contributed by atoms with Crippen molar-refractivity contribution in [2.24, 2.45) is 0 Å². The van der Waals surface area contributed by atoms with Crippen molar-refractivity contribution in [1.82, 2.24) is 0 Å². The molecule has 3 heterocycles. The molecule has 296 valence electrons. The summed E-state index contributed by atoms with van der Waals surface area (Å²) in [6.07, 6.45) is 7.58. The summed E-state index contributed by atoms with van der Waals surface area (Å²) in [5.74, 6) is 0. The number of hydrogen-bond donors (Lipinski definition) is 0. The molecular formula is C41H78O9. The summed E-state index contributed by atoms with van der Waals surface area (Å²) in [4.78, 5) is 0.